The number of piperazine rings is 1. The highest BCUT2D eigenvalue weighted by Crippen LogP contribution is 2.21. The maximum atomic E-state index is 13.3. The van der Waals surface area contributed by atoms with Crippen LogP contribution in [0.5, 0.6) is 0 Å². The van der Waals surface area contributed by atoms with Crippen molar-refractivity contribution >= 4 is 28.6 Å². The zero-order valence-corrected chi connectivity index (χ0v) is 13.3. The number of hydrogen-bond donors (Lipinski definition) is 2. The zero-order chi connectivity index (χ0) is 16.5. The molecule has 2 N–H and O–H groups in total. The second-order valence-corrected chi connectivity index (χ2v) is 5.71. The van der Waals surface area contributed by atoms with Gasteiger partial charge in [-0.2, -0.15) is 0 Å². The number of halogens is 1. The molecule has 124 valence electrons. The van der Waals surface area contributed by atoms with Gasteiger partial charge < -0.3 is 20.1 Å². The van der Waals surface area contributed by atoms with Crippen molar-refractivity contribution in [3.8, 4) is 0 Å². The van der Waals surface area contributed by atoms with E-state index in [2.05, 4.69) is 35.1 Å². The Balaban J connectivity index is 1.46. The summed E-state index contributed by atoms with van der Waals surface area (Å²) in [5.41, 5.74) is 1.50. The number of anilines is 3. The fourth-order valence-corrected chi connectivity index (χ4v) is 2.88. The van der Waals surface area contributed by atoms with Crippen molar-refractivity contribution in [1.29, 1.82) is 0 Å². The monoisotopic (exact) mass is 327 g/mol. The second-order valence-electron chi connectivity index (χ2n) is 5.71. The Morgan fingerprint density at radius 3 is 2.58 bits per heavy atom. The summed E-state index contributed by atoms with van der Waals surface area (Å²) >= 11 is 0. The number of fused-ring (bicyclic) bond motifs is 1. The van der Waals surface area contributed by atoms with Crippen LogP contribution in [0.1, 0.15) is 0 Å². The summed E-state index contributed by atoms with van der Waals surface area (Å²) in [6.07, 6.45) is 3.51. The maximum Gasteiger partial charge on any atom is 0.203 e. The third kappa shape index (κ3) is 2.70. The first-order chi connectivity index (χ1) is 11.7. The van der Waals surface area contributed by atoms with Crippen molar-refractivity contribution in [1.82, 2.24) is 19.9 Å². The molecule has 3 aromatic rings. The normalized spacial score (nSPS) is 15.1. The van der Waals surface area contributed by atoms with Crippen LogP contribution in [0.2, 0.25) is 0 Å². The average molecular weight is 327 g/mol. The van der Waals surface area contributed by atoms with E-state index >= 15 is 0 Å². The molecular weight excluding hydrogens is 309 g/mol. The Bertz CT molecular complexity index is 837. The number of benzene rings is 1. The highest BCUT2D eigenvalue weighted by atomic mass is 19.1. The van der Waals surface area contributed by atoms with E-state index in [0.29, 0.717) is 0 Å². The molecule has 1 saturated heterocycles. The highest BCUT2D eigenvalue weighted by molar-refractivity contribution is 5.77. The third-order valence-electron chi connectivity index (χ3n) is 4.23. The van der Waals surface area contributed by atoms with E-state index in [1.54, 1.807) is 18.5 Å². The quantitative estimate of drug-likeness (QED) is 0.765. The van der Waals surface area contributed by atoms with Gasteiger partial charge in [0, 0.05) is 33.2 Å². The maximum absolute atomic E-state index is 13.3. The fraction of sp³-hybridized carbons (Fsp3) is 0.312. The molecule has 7 nitrogen and oxygen atoms in total. The van der Waals surface area contributed by atoms with Gasteiger partial charge in [-0.05, 0) is 18.2 Å². The van der Waals surface area contributed by atoms with Gasteiger partial charge >= 0.3 is 0 Å². The molecule has 0 amide bonds. The number of aromatic amines is 1. The molecule has 1 aliphatic heterocycles. The van der Waals surface area contributed by atoms with Crippen molar-refractivity contribution in [3.05, 3.63) is 36.4 Å². The first kappa shape index (κ1) is 14.7. The van der Waals surface area contributed by atoms with Crippen LogP contribution in [-0.2, 0) is 0 Å². The standard InChI is InChI=1S/C16H18FN7/c1-18-14-9-20-15(10-19-14)23-4-6-24(7-5-23)16-21-12-3-2-11(17)8-13(12)22-16/h2-3,8-10H,4-7H2,1H3,(H,18,19)(H,21,22). The van der Waals surface area contributed by atoms with Crippen LogP contribution in [-0.4, -0.2) is 53.2 Å². The summed E-state index contributed by atoms with van der Waals surface area (Å²) in [4.78, 5) is 20.8. The van der Waals surface area contributed by atoms with E-state index in [1.807, 2.05) is 7.05 Å². The molecule has 0 saturated carbocycles. The number of nitrogens with one attached hydrogen (secondary N) is 2. The van der Waals surface area contributed by atoms with Crippen LogP contribution >= 0.6 is 0 Å². The first-order valence-electron chi connectivity index (χ1n) is 7.88. The molecule has 0 atom stereocenters. The summed E-state index contributed by atoms with van der Waals surface area (Å²) in [5.74, 6) is 2.16. The molecule has 1 aromatic carbocycles. The van der Waals surface area contributed by atoms with Crippen LogP contribution in [0.3, 0.4) is 0 Å². The smallest absolute Gasteiger partial charge is 0.203 e. The van der Waals surface area contributed by atoms with E-state index < -0.39 is 0 Å². The second kappa shape index (κ2) is 5.95. The number of aromatic nitrogens is 4. The van der Waals surface area contributed by atoms with Gasteiger partial charge in [-0.1, -0.05) is 0 Å². The Kier molecular flexibility index (Phi) is 3.64. The lowest BCUT2D eigenvalue weighted by atomic mass is 10.3. The molecule has 0 radical (unpaired) electrons. The third-order valence-corrected chi connectivity index (χ3v) is 4.23. The van der Waals surface area contributed by atoms with Gasteiger partial charge in [-0.15, -0.1) is 0 Å². The molecule has 2 aromatic heterocycles. The molecule has 3 heterocycles. The largest absolute Gasteiger partial charge is 0.372 e. The molecule has 4 rings (SSSR count). The zero-order valence-electron chi connectivity index (χ0n) is 13.3. The van der Waals surface area contributed by atoms with Gasteiger partial charge in [-0.25, -0.2) is 19.3 Å². The first-order valence-corrected chi connectivity index (χ1v) is 7.88. The van der Waals surface area contributed by atoms with E-state index in [4.69, 9.17) is 0 Å². The van der Waals surface area contributed by atoms with Crippen molar-refractivity contribution < 1.29 is 4.39 Å². The number of nitrogens with zero attached hydrogens (tertiary/aromatic N) is 5. The van der Waals surface area contributed by atoms with Crippen LogP contribution in [0.4, 0.5) is 22.0 Å². The minimum absolute atomic E-state index is 0.258. The molecule has 0 bridgehead atoms. The van der Waals surface area contributed by atoms with Crippen LogP contribution in [0.15, 0.2) is 30.6 Å². The minimum atomic E-state index is -0.258. The number of imidazole rings is 1. The summed E-state index contributed by atoms with van der Waals surface area (Å²) in [6, 6.07) is 4.60. The lowest BCUT2D eigenvalue weighted by molar-refractivity contribution is 0.629. The van der Waals surface area contributed by atoms with E-state index in [0.717, 1.165) is 54.8 Å². The van der Waals surface area contributed by atoms with Crippen LogP contribution in [0.25, 0.3) is 11.0 Å². The summed E-state index contributed by atoms with van der Waals surface area (Å²) < 4.78 is 13.3. The van der Waals surface area contributed by atoms with Crippen molar-refractivity contribution in [2.75, 3.05) is 48.3 Å². The molecule has 1 fully saturated rings. The van der Waals surface area contributed by atoms with Crippen LogP contribution < -0.4 is 15.1 Å². The van der Waals surface area contributed by atoms with Gasteiger partial charge in [0.2, 0.25) is 5.95 Å². The van der Waals surface area contributed by atoms with E-state index in [9.17, 15) is 4.39 Å². The summed E-state index contributed by atoms with van der Waals surface area (Å²) in [6.45, 7) is 3.30. The Hall–Kier alpha value is -2.90. The molecule has 0 spiro atoms. The summed E-state index contributed by atoms with van der Waals surface area (Å²) in [7, 11) is 1.82. The Labute approximate surface area is 138 Å². The predicted octanol–water partition coefficient (Wildman–Crippen LogP) is 1.86. The van der Waals surface area contributed by atoms with Gasteiger partial charge in [0.15, 0.2) is 0 Å². The lowest BCUT2D eigenvalue weighted by Crippen LogP contribution is -2.47. The lowest BCUT2D eigenvalue weighted by Gasteiger charge is -2.35. The van der Waals surface area contributed by atoms with Gasteiger partial charge in [0.25, 0.3) is 0 Å². The van der Waals surface area contributed by atoms with Crippen LogP contribution in [0, 0.1) is 5.82 Å². The van der Waals surface area contributed by atoms with Gasteiger partial charge in [-0.3, -0.25) is 0 Å². The van der Waals surface area contributed by atoms with Crippen molar-refractivity contribution in [2.24, 2.45) is 0 Å². The SMILES string of the molecule is CNc1cnc(N2CCN(c3nc4ccc(F)cc4[nH]3)CC2)cn1. The van der Waals surface area contributed by atoms with Crippen molar-refractivity contribution in [3.63, 3.8) is 0 Å². The molecule has 0 aliphatic carbocycles. The summed E-state index contributed by atoms with van der Waals surface area (Å²) in [5, 5.41) is 2.96. The number of H-pyrrole nitrogens is 1. The molecule has 24 heavy (non-hydrogen) atoms. The molecule has 0 unspecified atom stereocenters. The minimum Gasteiger partial charge on any atom is -0.372 e. The van der Waals surface area contributed by atoms with E-state index in [1.165, 1.54) is 12.1 Å². The topological polar surface area (TPSA) is 73.0 Å². The molecule has 1 aliphatic rings. The predicted molar refractivity (Wildman–Crippen MR) is 92.1 cm³/mol. The molecule has 8 heteroatoms. The Morgan fingerprint density at radius 1 is 1.08 bits per heavy atom. The van der Waals surface area contributed by atoms with Gasteiger partial charge in [0.05, 0.1) is 23.4 Å². The van der Waals surface area contributed by atoms with Gasteiger partial charge in [0.1, 0.15) is 17.5 Å². The van der Waals surface area contributed by atoms with E-state index in [-0.39, 0.29) is 5.82 Å². The van der Waals surface area contributed by atoms with Crippen molar-refractivity contribution in [2.45, 2.75) is 0 Å². The molecular formula is C16H18FN7. The number of rotatable bonds is 3. The fourth-order valence-electron chi connectivity index (χ4n) is 2.88. The average Bonchev–Trinajstić information content (AvgIpc) is 3.05. The highest BCUT2D eigenvalue weighted by Gasteiger charge is 2.20. The number of hydrogen-bond acceptors (Lipinski definition) is 6. The Morgan fingerprint density at radius 2 is 1.88 bits per heavy atom.